The van der Waals surface area contributed by atoms with Crippen molar-refractivity contribution in [2.24, 2.45) is 0 Å². The molecule has 0 aliphatic carbocycles. The van der Waals surface area contributed by atoms with E-state index < -0.39 is 41.5 Å². The summed E-state index contributed by atoms with van der Waals surface area (Å²) in [5, 5.41) is 16.9. The molecule has 5 rings (SSSR count). The lowest BCUT2D eigenvalue weighted by molar-refractivity contribution is -0.166. The highest BCUT2D eigenvalue weighted by molar-refractivity contribution is 8.03. The van der Waals surface area contributed by atoms with Gasteiger partial charge in [0.25, 0.3) is 0 Å². The van der Waals surface area contributed by atoms with Crippen LogP contribution in [-0.2, 0) is 25.5 Å². The number of thiazole rings is 1. The second kappa shape index (κ2) is 10.9. The van der Waals surface area contributed by atoms with E-state index in [9.17, 15) is 19.5 Å². The number of aliphatic hydroxyl groups is 1. The number of hydrogen-bond donors (Lipinski definition) is 2. The summed E-state index contributed by atoms with van der Waals surface area (Å²) in [7, 11) is 0. The Labute approximate surface area is 222 Å². The molecule has 1 saturated heterocycles. The fourth-order valence-electron chi connectivity index (χ4n) is 4.45. The molecule has 3 unspecified atom stereocenters. The Morgan fingerprint density at radius 1 is 1.11 bits per heavy atom. The number of nitrogens with one attached hydrogen (secondary N) is 1. The molecule has 3 aromatic rings. The molecule has 0 radical (unpaired) electrons. The van der Waals surface area contributed by atoms with Crippen LogP contribution in [0.2, 0.25) is 0 Å². The Morgan fingerprint density at radius 2 is 1.76 bits per heavy atom. The van der Waals surface area contributed by atoms with Gasteiger partial charge >= 0.3 is 5.97 Å². The van der Waals surface area contributed by atoms with E-state index in [4.69, 9.17) is 4.74 Å². The van der Waals surface area contributed by atoms with Crippen LogP contribution in [0, 0.1) is 0 Å². The SMILES string of the molecule is CC(O)C1=CS[C@@H]2C(NC(=O)Cc3nccs3)C(=O)N2C1C(=O)OC(c1ccccc1)c1ccccc1. The van der Waals surface area contributed by atoms with E-state index in [1.54, 1.807) is 23.9 Å². The summed E-state index contributed by atoms with van der Waals surface area (Å²) in [6, 6.07) is 16.8. The van der Waals surface area contributed by atoms with Crippen LogP contribution in [0.25, 0.3) is 0 Å². The van der Waals surface area contributed by atoms with E-state index in [1.807, 2.05) is 60.7 Å². The second-order valence-corrected chi connectivity index (χ2v) is 10.7. The minimum Gasteiger partial charge on any atom is -0.451 e. The largest absolute Gasteiger partial charge is 0.451 e. The zero-order chi connectivity index (χ0) is 25.9. The lowest BCUT2D eigenvalue weighted by atomic mass is 9.95. The number of esters is 1. The maximum atomic E-state index is 13.7. The summed E-state index contributed by atoms with van der Waals surface area (Å²) in [4.78, 5) is 44.9. The fraction of sp³-hybridized carbons (Fsp3) is 0.259. The van der Waals surface area contributed by atoms with Gasteiger partial charge in [-0.1, -0.05) is 60.7 Å². The van der Waals surface area contributed by atoms with Gasteiger partial charge in [0.15, 0.2) is 12.1 Å². The Hall–Kier alpha value is -3.47. The molecule has 0 bridgehead atoms. The van der Waals surface area contributed by atoms with E-state index in [0.29, 0.717) is 10.6 Å². The van der Waals surface area contributed by atoms with Crippen LogP contribution in [0.1, 0.15) is 29.2 Å². The minimum absolute atomic E-state index is 0.0783. The summed E-state index contributed by atoms with van der Waals surface area (Å²) in [6.45, 7) is 1.55. The lowest BCUT2D eigenvalue weighted by Crippen LogP contribution is -2.74. The van der Waals surface area contributed by atoms with Crippen molar-refractivity contribution >= 4 is 40.9 Å². The topological polar surface area (TPSA) is 109 Å². The monoisotopic (exact) mass is 535 g/mol. The van der Waals surface area contributed by atoms with E-state index >= 15 is 0 Å². The molecule has 37 heavy (non-hydrogen) atoms. The van der Waals surface area contributed by atoms with Gasteiger partial charge in [-0.25, -0.2) is 9.78 Å². The molecule has 0 spiro atoms. The van der Waals surface area contributed by atoms with Crippen LogP contribution in [0.3, 0.4) is 0 Å². The molecule has 2 aliphatic rings. The molecule has 2 amide bonds. The number of nitrogens with zero attached hydrogens (tertiary/aromatic N) is 2. The van der Waals surface area contributed by atoms with Crippen LogP contribution in [0.15, 0.2) is 83.2 Å². The minimum atomic E-state index is -1.10. The summed E-state index contributed by atoms with van der Waals surface area (Å²) in [6.07, 6.45) is 0.0409. The molecule has 2 aromatic carbocycles. The maximum Gasteiger partial charge on any atom is 0.334 e. The molecule has 3 heterocycles. The highest BCUT2D eigenvalue weighted by Crippen LogP contribution is 2.42. The van der Waals surface area contributed by atoms with Gasteiger partial charge in [0, 0.05) is 11.6 Å². The van der Waals surface area contributed by atoms with Gasteiger partial charge in [-0.05, 0) is 29.0 Å². The molecule has 1 aromatic heterocycles. The zero-order valence-corrected chi connectivity index (χ0v) is 21.5. The van der Waals surface area contributed by atoms with Gasteiger partial charge < -0.3 is 20.1 Å². The first-order valence-electron chi connectivity index (χ1n) is 11.8. The molecule has 2 aliphatic heterocycles. The molecule has 1 fully saturated rings. The van der Waals surface area contributed by atoms with Gasteiger partial charge in [-0.15, -0.1) is 23.1 Å². The molecule has 2 N–H and O–H groups in total. The first kappa shape index (κ1) is 25.2. The average Bonchev–Trinajstić information content (AvgIpc) is 3.43. The second-order valence-electron chi connectivity index (χ2n) is 8.75. The number of hydrogen-bond acceptors (Lipinski definition) is 8. The van der Waals surface area contributed by atoms with Crippen LogP contribution in [0.5, 0.6) is 0 Å². The third-order valence-corrected chi connectivity index (χ3v) is 8.24. The number of benzene rings is 2. The summed E-state index contributed by atoms with van der Waals surface area (Å²) in [5.41, 5.74) is 1.95. The van der Waals surface area contributed by atoms with Gasteiger partial charge in [0.05, 0.1) is 12.5 Å². The van der Waals surface area contributed by atoms with E-state index in [2.05, 4.69) is 10.3 Å². The highest BCUT2D eigenvalue weighted by atomic mass is 32.2. The number of ether oxygens (including phenoxy) is 1. The van der Waals surface area contributed by atoms with Crippen molar-refractivity contribution in [3.05, 3.63) is 99.4 Å². The van der Waals surface area contributed by atoms with Crippen LogP contribution >= 0.6 is 23.1 Å². The summed E-state index contributed by atoms with van der Waals surface area (Å²) >= 11 is 2.66. The van der Waals surface area contributed by atoms with Crippen molar-refractivity contribution in [2.75, 3.05) is 0 Å². The third-order valence-electron chi connectivity index (χ3n) is 6.27. The quantitative estimate of drug-likeness (QED) is 0.337. The van der Waals surface area contributed by atoms with E-state index in [0.717, 1.165) is 11.1 Å². The van der Waals surface area contributed by atoms with Crippen molar-refractivity contribution in [1.82, 2.24) is 15.2 Å². The van der Waals surface area contributed by atoms with Gasteiger partial charge in [-0.3, -0.25) is 9.59 Å². The zero-order valence-electron chi connectivity index (χ0n) is 19.9. The Balaban J connectivity index is 1.37. The van der Waals surface area contributed by atoms with Crippen molar-refractivity contribution in [2.45, 2.75) is 43.0 Å². The van der Waals surface area contributed by atoms with E-state index in [1.165, 1.54) is 28.0 Å². The van der Waals surface area contributed by atoms with Crippen molar-refractivity contribution in [1.29, 1.82) is 0 Å². The molecule has 190 valence electrons. The average molecular weight is 536 g/mol. The molecule has 10 heteroatoms. The fourth-order valence-corrected chi connectivity index (χ4v) is 6.39. The van der Waals surface area contributed by atoms with Gasteiger partial charge in [0.2, 0.25) is 11.8 Å². The molecule has 4 atom stereocenters. The number of carbonyl (C=O) groups is 3. The Bertz CT molecular complexity index is 1260. The first-order valence-corrected chi connectivity index (χ1v) is 13.6. The molecule has 8 nitrogen and oxygen atoms in total. The van der Waals surface area contributed by atoms with Crippen molar-refractivity contribution in [3.8, 4) is 0 Å². The number of aromatic nitrogens is 1. The van der Waals surface area contributed by atoms with Crippen LogP contribution < -0.4 is 5.32 Å². The van der Waals surface area contributed by atoms with Gasteiger partial charge in [-0.2, -0.15) is 0 Å². The molecular formula is C27H25N3O5S2. The maximum absolute atomic E-state index is 13.7. The number of thioether (sulfide) groups is 1. The number of aliphatic hydroxyl groups excluding tert-OH is 1. The number of carbonyl (C=O) groups excluding carboxylic acids is 3. The molecular weight excluding hydrogens is 510 g/mol. The highest BCUT2D eigenvalue weighted by Gasteiger charge is 2.56. The van der Waals surface area contributed by atoms with Crippen molar-refractivity contribution < 1.29 is 24.2 Å². The summed E-state index contributed by atoms with van der Waals surface area (Å²) < 4.78 is 6.04. The number of amides is 2. The normalized spacial score (nSPS) is 21.5. The third kappa shape index (κ3) is 5.18. The Morgan fingerprint density at radius 3 is 2.32 bits per heavy atom. The molecule has 0 saturated carbocycles. The predicted octanol–water partition coefficient (Wildman–Crippen LogP) is 3.05. The summed E-state index contributed by atoms with van der Waals surface area (Å²) in [5.74, 6) is -1.35. The number of rotatable bonds is 8. The standard InChI is InChI=1S/C27H25N3O5S2/c1-16(31)19-15-37-26-22(29-20(32)14-21-28-12-13-36-21)25(33)30(26)23(19)27(34)35-24(17-8-4-2-5-9-17)18-10-6-3-7-11-18/h2-13,15-16,22-24,26,31H,14H2,1H3,(H,29,32)/t16?,22?,23?,26-/m1/s1. The first-order chi connectivity index (χ1) is 17.9. The predicted molar refractivity (Wildman–Crippen MR) is 140 cm³/mol. The number of fused-ring (bicyclic) bond motifs is 1. The number of β-lactam (4-membered cyclic amide) rings is 1. The Kier molecular flexibility index (Phi) is 7.40. The smallest absolute Gasteiger partial charge is 0.334 e. The van der Waals surface area contributed by atoms with Crippen LogP contribution in [-0.4, -0.2) is 56.3 Å². The lowest BCUT2D eigenvalue weighted by Gasteiger charge is -2.52. The van der Waals surface area contributed by atoms with E-state index in [-0.39, 0.29) is 12.3 Å². The van der Waals surface area contributed by atoms with Gasteiger partial charge in [0.1, 0.15) is 16.4 Å². The van der Waals surface area contributed by atoms with Crippen LogP contribution in [0.4, 0.5) is 0 Å². The van der Waals surface area contributed by atoms with Crippen molar-refractivity contribution in [3.63, 3.8) is 0 Å².